The van der Waals surface area contributed by atoms with Crippen LogP contribution in [0.5, 0.6) is 5.75 Å². The molecule has 0 saturated carbocycles. The van der Waals surface area contributed by atoms with Gasteiger partial charge in [0.15, 0.2) is 4.80 Å². The van der Waals surface area contributed by atoms with Crippen LogP contribution in [0.15, 0.2) is 63.5 Å². The summed E-state index contributed by atoms with van der Waals surface area (Å²) in [5.74, 6) is 0.302. The predicted molar refractivity (Wildman–Crippen MR) is 129 cm³/mol. The number of aromatic nitrogens is 1. The van der Waals surface area contributed by atoms with Crippen LogP contribution < -0.4 is 19.6 Å². The van der Waals surface area contributed by atoms with Crippen molar-refractivity contribution in [3.63, 3.8) is 0 Å². The van der Waals surface area contributed by atoms with Crippen molar-refractivity contribution in [3.05, 3.63) is 95.7 Å². The van der Waals surface area contributed by atoms with Gasteiger partial charge in [0.05, 0.1) is 35.6 Å². The monoisotopic (exact) mass is 462 g/mol. The molecular weight excluding hydrogens is 436 g/mol. The molecule has 6 nitrogen and oxygen atoms in total. The molecule has 0 N–H and O–H groups in total. The van der Waals surface area contributed by atoms with Gasteiger partial charge in [-0.2, -0.15) is 0 Å². The van der Waals surface area contributed by atoms with Gasteiger partial charge in [0.1, 0.15) is 5.75 Å². The lowest BCUT2D eigenvalue weighted by Gasteiger charge is -2.24. The molecule has 0 bridgehead atoms. The van der Waals surface area contributed by atoms with Crippen LogP contribution in [-0.2, 0) is 9.53 Å². The van der Waals surface area contributed by atoms with Crippen molar-refractivity contribution in [1.82, 2.24) is 4.57 Å². The van der Waals surface area contributed by atoms with Gasteiger partial charge in [-0.3, -0.25) is 9.36 Å². The molecule has 7 heteroatoms. The Hall–Kier alpha value is -3.45. The Morgan fingerprint density at radius 2 is 1.88 bits per heavy atom. The lowest BCUT2D eigenvalue weighted by atomic mass is 9.95. The van der Waals surface area contributed by atoms with E-state index < -0.39 is 12.0 Å². The third-order valence-corrected chi connectivity index (χ3v) is 6.62. The van der Waals surface area contributed by atoms with Gasteiger partial charge in [0.2, 0.25) is 0 Å². The molecule has 0 radical (unpaired) electrons. The standard InChI is InChI=1S/C26H26N2O4S/c1-6-32-25(30)22-17(4)27-26-28(23(22)19-11-7-15(2)8-12-19)24(29)21(33-26)14-18-10-9-16(3)20(13-18)31-5/h7-14,23H,6H2,1-5H3/b21-14-/t23-/m0/s1. The number of hydrogen-bond donors (Lipinski definition) is 0. The van der Waals surface area contributed by atoms with Gasteiger partial charge in [-0.25, -0.2) is 9.79 Å². The number of allylic oxidation sites excluding steroid dienone is 1. The number of fused-ring (bicyclic) bond motifs is 1. The van der Waals surface area contributed by atoms with Crippen molar-refractivity contribution in [2.45, 2.75) is 33.7 Å². The average molecular weight is 463 g/mol. The second-order valence-corrected chi connectivity index (χ2v) is 8.95. The summed E-state index contributed by atoms with van der Waals surface area (Å²) >= 11 is 1.31. The molecule has 0 fully saturated rings. The average Bonchev–Trinajstić information content (AvgIpc) is 3.09. The zero-order chi connectivity index (χ0) is 23.7. The molecule has 3 aromatic rings. The summed E-state index contributed by atoms with van der Waals surface area (Å²) in [6.07, 6.45) is 1.83. The first-order chi connectivity index (χ1) is 15.8. The predicted octanol–water partition coefficient (Wildman–Crippen LogP) is 3.42. The minimum absolute atomic E-state index is 0.196. The highest BCUT2D eigenvalue weighted by Crippen LogP contribution is 2.30. The van der Waals surface area contributed by atoms with Gasteiger partial charge in [0, 0.05) is 0 Å². The molecule has 2 aromatic carbocycles. The van der Waals surface area contributed by atoms with Gasteiger partial charge in [-0.1, -0.05) is 53.3 Å². The number of carbonyl (C=O) groups excluding carboxylic acids is 1. The molecule has 4 rings (SSSR count). The number of rotatable bonds is 5. The van der Waals surface area contributed by atoms with Crippen molar-refractivity contribution in [1.29, 1.82) is 0 Å². The molecule has 33 heavy (non-hydrogen) atoms. The van der Waals surface area contributed by atoms with E-state index in [9.17, 15) is 9.59 Å². The first kappa shape index (κ1) is 22.7. The van der Waals surface area contributed by atoms with E-state index in [0.717, 1.165) is 28.0 Å². The third-order valence-electron chi connectivity index (χ3n) is 5.64. The number of benzene rings is 2. The van der Waals surface area contributed by atoms with Crippen LogP contribution >= 0.6 is 11.3 Å². The molecule has 0 spiro atoms. The van der Waals surface area contributed by atoms with Crippen LogP contribution in [0.2, 0.25) is 0 Å². The summed E-state index contributed by atoms with van der Waals surface area (Å²) in [6, 6.07) is 13.0. The number of thiazole rings is 1. The Morgan fingerprint density at radius 3 is 2.55 bits per heavy atom. The smallest absolute Gasteiger partial charge is 0.338 e. The van der Waals surface area contributed by atoms with E-state index in [1.165, 1.54) is 11.3 Å². The summed E-state index contributed by atoms with van der Waals surface area (Å²) in [4.78, 5) is 31.7. The number of hydrogen-bond acceptors (Lipinski definition) is 6. The zero-order valence-electron chi connectivity index (χ0n) is 19.3. The van der Waals surface area contributed by atoms with Gasteiger partial charge in [0.25, 0.3) is 5.56 Å². The van der Waals surface area contributed by atoms with Crippen LogP contribution in [0.4, 0.5) is 0 Å². The maximum absolute atomic E-state index is 13.6. The first-order valence-electron chi connectivity index (χ1n) is 10.7. The Morgan fingerprint density at radius 1 is 1.15 bits per heavy atom. The molecule has 1 aliphatic rings. The minimum atomic E-state index is -0.601. The second-order valence-electron chi connectivity index (χ2n) is 7.94. The maximum atomic E-state index is 13.6. The Balaban J connectivity index is 1.94. The number of nitrogens with zero attached hydrogens (tertiary/aromatic N) is 2. The van der Waals surface area contributed by atoms with E-state index in [0.29, 0.717) is 20.6 Å². The number of carbonyl (C=O) groups is 1. The topological polar surface area (TPSA) is 69.9 Å². The Bertz CT molecular complexity index is 1430. The van der Waals surface area contributed by atoms with Crippen molar-refractivity contribution in [2.24, 2.45) is 4.99 Å². The van der Waals surface area contributed by atoms with E-state index in [-0.39, 0.29) is 12.2 Å². The van der Waals surface area contributed by atoms with E-state index in [1.54, 1.807) is 25.5 Å². The Kier molecular flexibility index (Phi) is 6.33. The van der Waals surface area contributed by atoms with E-state index >= 15 is 0 Å². The number of esters is 1. The van der Waals surface area contributed by atoms with Crippen LogP contribution in [0.25, 0.3) is 6.08 Å². The summed E-state index contributed by atoms with van der Waals surface area (Å²) in [5, 5.41) is 0. The van der Waals surface area contributed by atoms with Crippen LogP contribution in [0, 0.1) is 13.8 Å². The summed E-state index contributed by atoms with van der Waals surface area (Å²) < 4.78 is 12.9. The lowest BCUT2D eigenvalue weighted by molar-refractivity contribution is -0.139. The van der Waals surface area contributed by atoms with Crippen molar-refractivity contribution in [2.75, 3.05) is 13.7 Å². The molecule has 170 valence electrons. The summed E-state index contributed by atoms with van der Waals surface area (Å²) in [7, 11) is 1.63. The number of methoxy groups -OCH3 is 1. The van der Waals surface area contributed by atoms with Crippen LogP contribution in [0.3, 0.4) is 0 Å². The SMILES string of the molecule is CCOC(=O)C1=C(C)N=c2s/c(=C\c3ccc(C)c(OC)c3)c(=O)n2[C@H]1c1ccc(C)cc1. The van der Waals surface area contributed by atoms with Crippen LogP contribution in [0.1, 0.15) is 42.1 Å². The van der Waals surface area contributed by atoms with Crippen molar-refractivity contribution in [3.8, 4) is 5.75 Å². The Labute approximate surface area is 196 Å². The molecule has 1 atom stereocenters. The highest BCUT2D eigenvalue weighted by atomic mass is 32.1. The molecule has 2 heterocycles. The summed E-state index contributed by atoms with van der Waals surface area (Å²) in [6.45, 7) is 7.77. The maximum Gasteiger partial charge on any atom is 0.338 e. The molecule has 1 aliphatic heterocycles. The fraction of sp³-hybridized carbons (Fsp3) is 0.269. The van der Waals surface area contributed by atoms with Crippen molar-refractivity contribution >= 4 is 23.4 Å². The zero-order valence-corrected chi connectivity index (χ0v) is 20.2. The molecule has 0 saturated heterocycles. The fourth-order valence-corrected chi connectivity index (χ4v) is 4.98. The summed E-state index contributed by atoms with van der Waals surface area (Å²) in [5.41, 5.74) is 4.56. The van der Waals surface area contributed by atoms with Gasteiger partial charge >= 0.3 is 5.97 Å². The second kappa shape index (κ2) is 9.19. The largest absolute Gasteiger partial charge is 0.496 e. The molecule has 0 unspecified atom stereocenters. The number of aryl methyl sites for hydroxylation is 2. The minimum Gasteiger partial charge on any atom is -0.496 e. The van der Waals surface area contributed by atoms with E-state index in [4.69, 9.17) is 9.47 Å². The quantitative estimate of drug-likeness (QED) is 0.545. The lowest BCUT2D eigenvalue weighted by Crippen LogP contribution is -2.39. The molecule has 1 aromatic heterocycles. The van der Waals surface area contributed by atoms with E-state index in [2.05, 4.69) is 4.99 Å². The first-order valence-corrected chi connectivity index (χ1v) is 11.6. The van der Waals surface area contributed by atoms with Crippen molar-refractivity contribution < 1.29 is 14.3 Å². The molecular formula is C26H26N2O4S. The highest BCUT2D eigenvalue weighted by molar-refractivity contribution is 7.07. The third kappa shape index (κ3) is 4.28. The van der Waals surface area contributed by atoms with Gasteiger partial charge in [-0.15, -0.1) is 0 Å². The fourth-order valence-electron chi connectivity index (χ4n) is 3.93. The van der Waals surface area contributed by atoms with Gasteiger partial charge in [-0.05, 0) is 56.5 Å². The van der Waals surface area contributed by atoms with Crippen LogP contribution in [-0.4, -0.2) is 24.3 Å². The molecule has 0 aliphatic carbocycles. The van der Waals surface area contributed by atoms with E-state index in [1.807, 2.05) is 62.4 Å². The normalized spacial score (nSPS) is 15.8. The highest BCUT2D eigenvalue weighted by Gasteiger charge is 2.33. The van der Waals surface area contributed by atoms with Gasteiger partial charge < -0.3 is 9.47 Å². The molecule has 0 amide bonds. The number of ether oxygens (including phenoxy) is 2.